The van der Waals surface area contributed by atoms with Crippen molar-refractivity contribution in [2.75, 3.05) is 0 Å². The molecular weight excluding hydrogens is 455 g/mol. The normalized spacial score (nSPS) is 12.8. The van der Waals surface area contributed by atoms with Gasteiger partial charge in [0.2, 0.25) is 11.7 Å². The summed E-state index contributed by atoms with van der Waals surface area (Å²) in [6.45, 7) is 0. The summed E-state index contributed by atoms with van der Waals surface area (Å²) in [6, 6.07) is 0.920. The van der Waals surface area contributed by atoms with Crippen LogP contribution in [-0.4, -0.2) is 22.8 Å². The summed E-state index contributed by atoms with van der Waals surface area (Å²) in [6.07, 6.45) is -11.0. The number of nitro groups is 1. The number of hydrogen-bond donors (Lipinski definition) is 2. The van der Waals surface area contributed by atoms with E-state index < -0.39 is 69.7 Å². The van der Waals surface area contributed by atoms with Crippen molar-refractivity contribution in [3.05, 3.63) is 74.6 Å². The first kappa shape index (κ1) is 24.6. The maximum absolute atomic E-state index is 13.4. The van der Waals surface area contributed by atoms with E-state index in [-0.39, 0.29) is 23.8 Å². The molecule has 0 heterocycles. The topological polar surface area (TPSA) is 115 Å². The summed E-state index contributed by atoms with van der Waals surface area (Å²) in [4.78, 5) is 33.7. The van der Waals surface area contributed by atoms with Crippen LogP contribution in [-0.2, 0) is 23.6 Å². The van der Waals surface area contributed by atoms with Crippen LogP contribution in [0.3, 0.4) is 0 Å². The molecule has 0 saturated heterocycles. The SMILES string of the molecule is NC(=O)[C@@H](Cc1ccc(F)c([N+](=O)[O-])c1)NC(=O)c1cc(C(F)(F)F)cc(C(F)(F)F)c1. The first-order valence-electron chi connectivity index (χ1n) is 8.42. The second kappa shape index (κ2) is 8.80. The van der Waals surface area contributed by atoms with Crippen molar-refractivity contribution >= 4 is 17.5 Å². The fourth-order valence-corrected chi connectivity index (χ4v) is 2.61. The number of nitrogens with zero attached hydrogens (tertiary/aromatic N) is 1. The summed E-state index contributed by atoms with van der Waals surface area (Å²) in [5.41, 5.74) is -0.440. The molecule has 7 nitrogen and oxygen atoms in total. The molecule has 32 heavy (non-hydrogen) atoms. The van der Waals surface area contributed by atoms with Crippen molar-refractivity contribution in [3.63, 3.8) is 0 Å². The fourth-order valence-electron chi connectivity index (χ4n) is 2.61. The van der Waals surface area contributed by atoms with Gasteiger partial charge >= 0.3 is 18.0 Å². The third-order valence-corrected chi connectivity index (χ3v) is 4.15. The third-order valence-electron chi connectivity index (χ3n) is 4.15. The zero-order valence-corrected chi connectivity index (χ0v) is 15.6. The Balaban J connectivity index is 2.37. The lowest BCUT2D eigenvalue weighted by atomic mass is 10.0. The average Bonchev–Trinajstić information content (AvgIpc) is 2.66. The Labute approximate surface area is 174 Å². The number of primary amides is 1. The lowest BCUT2D eigenvalue weighted by Gasteiger charge is -2.18. The van der Waals surface area contributed by atoms with E-state index >= 15 is 0 Å². The van der Waals surface area contributed by atoms with Crippen molar-refractivity contribution < 1.29 is 45.2 Å². The van der Waals surface area contributed by atoms with E-state index in [9.17, 15) is 50.4 Å². The predicted octanol–water partition coefficient (Wildman–Crippen LogP) is 3.60. The summed E-state index contributed by atoms with van der Waals surface area (Å²) in [7, 11) is 0. The minimum absolute atomic E-state index is 0.0535. The summed E-state index contributed by atoms with van der Waals surface area (Å²) >= 11 is 0. The number of carbonyl (C=O) groups is 2. The molecule has 0 aliphatic rings. The molecule has 2 amide bonds. The van der Waals surface area contributed by atoms with Crippen molar-refractivity contribution in [2.45, 2.75) is 24.8 Å². The number of nitrogens with one attached hydrogen (secondary N) is 1. The van der Waals surface area contributed by atoms with Gasteiger partial charge in [-0.3, -0.25) is 19.7 Å². The molecule has 0 aliphatic carbocycles. The molecule has 0 bridgehead atoms. The van der Waals surface area contributed by atoms with Gasteiger partial charge in [-0.15, -0.1) is 0 Å². The number of hydrogen-bond acceptors (Lipinski definition) is 4. The largest absolute Gasteiger partial charge is 0.416 e. The number of alkyl halides is 6. The van der Waals surface area contributed by atoms with E-state index in [2.05, 4.69) is 0 Å². The maximum Gasteiger partial charge on any atom is 0.416 e. The van der Waals surface area contributed by atoms with Crippen molar-refractivity contribution in [1.29, 1.82) is 0 Å². The van der Waals surface area contributed by atoms with Gasteiger partial charge in [0.1, 0.15) is 6.04 Å². The van der Waals surface area contributed by atoms with E-state index in [4.69, 9.17) is 5.73 Å². The maximum atomic E-state index is 13.4. The fraction of sp³-hybridized carbons (Fsp3) is 0.222. The zero-order chi connectivity index (χ0) is 24.4. The molecule has 1 atom stereocenters. The molecule has 14 heteroatoms. The van der Waals surface area contributed by atoms with Crippen LogP contribution in [0.4, 0.5) is 36.4 Å². The highest BCUT2D eigenvalue weighted by molar-refractivity contribution is 5.97. The number of benzene rings is 2. The minimum atomic E-state index is -5.20. The molecule has 0 unspecified atom stereocenters. The number of amides is 2. The Kier molecular flexibility index (Phi) is 6.76. The van der Waals surface area contributed by atoms with E-state index in [1.54, 1.807) is 0 Å². The first-order chi connectivity index (χ1) is 14.6. The molecule has 0 saturated carbocycles. The summed E-state index contributed by atoms with van der Waals surface area (Å²) < 4.78 is 91.2. The molecule has 2 aromatic rings. The van der Waals surface area contributed by atoms with Crippen LogP contribution in [0, 0.1) is 15.9 Å². The van der Waals surface area contributed by atoms with E-state index in [1.165, 1.54) is 0 Å². The molecule has 0 radical (unpaired) electrons. The lowest BCUT2D eigenvalue weighted by Crippen LogP contribution is -2.46. The molecule has 2 rings (SSSR count). The van der Waals surface area contributed by atoms with Crippen molar-refractivity contribution in [3.8, 4) is 0 Å². The highest BCUT2D eigenvalue weighted by atomic mass is 19.4. The quantitative estimate of drug-likeness (QED) is 0.384. The second-order valence-corrected chi connectivity index (χ2v) is 6.47. The first-order valence-corrected chi connectivity index (χ1v) is 8.42. The van der Waals surface area contributed by atoms with Gasteiger partial charge < -0.3 is 11.1 Å². The minimum Gasteiger partial charge on any atom is -0.368 e. The van der Waals surface area contributed by atoms with Crippen LogP contribution in [0.2, 0.25) is 0 Å². The lowest BCUT2D eigenvalue weighted by molar-refractivity contribution is -0.387. The molecule has 0 aromatic heterocycles. The van der Waals surface area contributed by atoms with Crippen LogP contribution < -0.4 is 11.1 Å². The zero-order valence-electron chi connectivity index (χ0n) is 15.6. The smallest absolute Gasteiger partial charge is 0.368 e. The van der Waals surface area contributed by atoms with Gasteiger partial charge in [0, 0.05) is 18.1 Å². The van der Waals surface area contributed by atoms with Crippen molar-refractivity contribution in [2.24, 2.45) is 5.73 Å². The number of rotatable bonds is 6. The molecule has 3 N–H and O–H groups in total. The number of nitro benzene ring substituents is 1. The number of halogens is 7. The Morgan fingerprint density at radius 1 is 1.00 bits per heavy atom. The summed E-state index contributed by atoms with van der Waals surface area (Å²) in [5, 5.41) is 12.7. The van der Waals surface area contributed by atoms with Gasteiger partial charge in [-0.25, -0.2) is 0 Å². The van der Waals surface area contributed by atoms with Crippen LogP contribution in [0.1, 0.15) is 27.0 Å². The van der Waals surface area contributed by atoms with E-state index in [0.29, 0.717) is 6.07 Å². The van der Waals surface area contributed by atoms with Gasteiger partial charge in [-0.2, -0.15) is 30.7 Å². The third kappa shape index (κ3) is 5.92. The highest BCUT2D eigenvalue weighted by Crippen LogP contribution is 2.36. The highest BCUT2D eigenvalue weighted by Gasteiger charge is 2.37. The van der Waals surface area contributed by atoms with Crippen LogP contribution in [0.25, 0.3) is 0 Å². The van der Waals surface area contributed by atoms with Gasteiger partial charge in [0.15, 0.2) is 0 Å². The van der Waals surface area contributed by atoms with Crippen molar-refractivity contribution in [1.82, 2.24) is 5.32 Å². The second-order valence-electron chi connectivity index (χ2n) is 6.47. The molecular formula is C18H12F7N3O4. The van der Waals surface area contributed by atoms with E-state index in [1.807, 2.05) is 5.32 Å². The van der Waals surface area contributed by atoms with Crippen LogP contribution in [0.5, 0.6) is 0 Å². The van der Waals surface area contributed by atoms with Gasteiger partial charge in [-0.1, -0.05) is 6.07 Å². The Morgan fingerprint density at radius 3 is 1.97 bits per heavy atom. The number of nitrogens with two attached hydrogens (primary N) is 1. The van der Waals surface area contributed by atoms with Gasteiger partial charge in [0.05, 0.1) is 16.1 Å². The standard InChI is InChI=1S/C18H12F7N3O4/c19-12-2-1-8(4-14(12)28(31)32)3-13(15(26)29)27-16(30)9-5-10(17(20,21)22)7-11(6-9)18(23,24)25/h1-2,4-7,13H,3H2,(H2,26,29)(H,27,30)/t13-/m1/s1. The molecule has 2 aromatic carbocycles. The van der Waals surface area contributed by atoms with E-state index in [0.717, 1.165) is 12.1 Å². The Morgan fingerprint density at radius 2 is 1.53 bits per heavy atom. The number of carbonyl (C=O) groups excluding carboxylic acids is 2. The van der Waals surface area contributed by atoms with Crippen LogP contribution >= 0.6 is 0 Å². The molecule has 0 aliphatic heterocycles. The Hall–Kier alpha value is -3.71. The van der Waals surface area contributed by atoms with Gasteiger partial charge in [0.25, 0.3) is 5.91 Å². The summed E-state index contributed by atoms with van der Waals surface area (Å²) in [5.74, 6) is -3.92. The molecule has 0 fully saturated rings. The predicted molar refractivity (Wildman–Crippen MR) is 93.7 cm³/mol. The van der Waals surface area contributed by atoms with Gasteiger partial charge in [-0.05, 0) is 29.8 Å². The average molecular weight is 467 g/mol. The Bertz CT molecular complexity index is 1040. The molecule has 0 spiro atoms. The molecule has 172 valence electrons. The van der Waals surface area contributed by atoms with Crippen LogP contribution in [0.15, 0.2) is 36.4 Å². The monoisotopic (exact) mass is 467 g/mol.